The van der Waals surface area contributed by atoms with E-state index in [2.05, 4.69) is 35.6 Å². The summed E-state index contributed by atoms with van der Waals surface area (Å²) >= 11 is 5.32. The summed E-state index contributed by atoms with van der Waals surface area (Å²) in [5, 5.41) is 11.4. The van der Waals surface area contributed by atoms with Crippen molar-refractivity contribution in [2.24, 2.45) is 7.05 Å². The molecule has 2 rings (SSSR count). The quantitative estimate of drug-likeness (QED) is 0.852. The number of aryl methyl sites for hydroxylation is 3. The Balaban J connectivity index is 1.94. The van der Waals surface area contributed by atoms with Gasteiger partial charge in [0.2, 0.25) is 0 Å². The molecule has 0 amide bonds. The fourth-order valence-electron chi connectivity index (χ4n) is 1.95. The summed E-state index contributed by atoms with van der Waals surface area (Å²) in [6.45, 7) is 6.83. The minimum Gasteiger partial charge on any atom is -0.357 e. The van der Waals surface area contributed by atoms with Gasteiger partial charge in [0.05, 0.1) is 12.2 Å². The summed E-state index contributed by atoms with van der Waals surface area (Å²) in [6, 6.07) is 8.19. The molecule has 0 saturated carbocycles. The summed E-state index contributed by atoms with van der Waals surface area (Å²) in [4.78, 5) is 0. The fraction of sp³-hybridized carbons (Fsp3) is 0.333. The highest BCUT2D eigenvalue weighted by atomic mass is 32.1. The zero-order valence-corrected chi connectivity index (χ0v) is 13.1. The second-order valence-electron chi connectivity index (χ2n) is 4.96. The summed E-state index contributed by atoms with van der Waals surface area (Å²) in [5.74, 6) is 0. The molecule has 0 spiro atoms. The number of thiocarbonyl (C=S) groups is 1. The van der Waals surface area contributed by atoms with Crippen LogP contribution in [0.5, 0.6) is 0 Å². The molecule has 0 atom stereocenters. The highest BCUT2D eigenvalue weighted by Crippen LogP contribution is 2.17. The molecule has 0 aliphatic heterocycles. The number of anilines is 1. The van der Waals surface area contributed by atoms with Crippen LogP contribution in [0.15, 0.2) is 24.3 Å². The van der Waals surface area contributed by atoms with Crippen molar-refractivity contribution in [3.63, 3.8) is 0 Å². The minimum absolute atomic E-state index is 0.613. The second-order valence-corrected chi connectivity index (χ2v) is 5.36. The maximum atomic E-state index is 5.32. The Morgan fingerprint density at radius 1 is 1.30 bits per heavy atom. The van der Waals surface area contributed by atoms with E-state index in [1.54, 1.807) is 0 Å². The average molecular weight is 288 g/mol. The predicted octanol–water partition coefficient (Wildman–Crippen LogP) is 2.83. The van der Waals surface area contributed by atoms with Crippen molar-refractivity contribution in [3.8, 4) is 0 Å². The van der Waals surface area contributed by atoms with E-state index in [4.69, 9.17) is 12.2 Å². The molecule has 20 heavy (non-hydrogen) atoms. The highest BCUT2D eigenvalue weighted by Gasteiger charge is 2.04. The van der Waals surface area contributed by atoms with Crippen LogP contribution in [0.25, 0.3) is 0 Å². The Morgan fingerprint density at radius 2 is 2.05 bits per heavy atom. The van der Waals surface area contributed by atoms with Gasteiger partial charge in [0.15, 0.2) is 5.11 Å². The van der Waals surface area contributed by atoms with Crippen LogP contribution in [0, 0.1) is 20.8 Å². The van der Waals surface area contributed by atoms with Gasteiger partial charge in [0.1, 0.15) is 0 Å². The molecule has 0 radical (unpaired) electrons. The monoisotopic (exact) mass is 288 g/mol. The predicted molar refractivity (Wildman–Crippen MR) is 86.9 cm³/mol. The fourth-order valence-corrected chi connectivity index (χ4v) is 2.13. The molecule has 106 valence electrons. The lowest BCUT2D eigenvalue weighted by Crippen LogP contribution is -2.28. The Morgan fingerprint density at radius 3 is 2.70 bits per heavy atom. The van der Waals surface area contributed by atoms with E-state index in [9.17, 15) is 0 Å². The first-order chi connectivity index (χ1) is 9.47. The van der Waals surface area contributed by atoms with Crippen LogP contribution >= 0.6 is 12.2 Å². The molecular weight excluding hydrogens is 268 g/mol. The zero-order chi connectivity index (χ0) is 14.7. The third-order valence-electron chi connectivity index (χ3n) is 3.45. The summed E-state index contributed by atoms with van der Waals surface area (Å²) in [7, 11) is 1.94. The van der Waals surface area contributed by atoms with E-state index in [0.717, 1.165) is 17.1 Å². The van der Waals surface area contributed by atoms with Gasteiger partial charge >= 0.3 is 0 Å². The summed E-state index contributed by atoms with van der Waals surface area (Å²) in [5.41, 5.74) is 5.62. The summed E-state index contributed by atoms with van der Waals surface area (Å²) in [6.07, 6.45) is 0. The van der Waals surface area contributed by atoms with Gasteiger partial charge in [-0.3, -0.25) is 4.68 Å². The molecular formula is C15H20N4S. The van der Waals surface area contributed by atoms with Crippen LogP contribution in [-0.4, -0.2) is 14.9 Å². The third kappa shape index (κ3) is 3.36. The van der Waals surface area contributed by atoms with Gasteiger partial charge in [-0.1, -0.05) is 12.1 Å². The van der Waals surface area contributed by atoms with Crippen LogP contribution in [0.2, 0.25) is 0 Å². The zero-order valence-electron chi connectivity index (χ0n) is 12.3. The first-order valence-electron chi connectivity index (χ1n) is 6.58. The molecule has 2 N–H and O–H groups in total. The molecule has 1 aromatic heterocycles. The molecule has 0 aliphatic rings. The Labute approximate surface area is 125 Å². The van der Waals surface area contributed by atoms with Gasteiger partial charge < -0.3 is 10.6 Å². The van der Waals surface area contributed by atoms with Crippen molar-refractivity contribution in [1.29, 1.82) is 0 Å². The van der Waals surface area contributed by atoms with Gasteiger partial charge in [-0.15, -0.1) is 0 Å². The first-order valence-corrected chi connectivity index (χ1v) is 6.99. The van der Waals surface area contributed by atoms with Gasteiger partial charge in [-0.2, -0.15) is 5.10 Å². The average Bonchev–Trinajstić information content (AvgIpc) is 2.72. The molecule has 0 unspecified atom stereocenters. The molecule has 1 heterocycles. The lowest BCUT2D eigenvalue weighted by molar-refractivity contribution is 0.712. The maximum absolute atomic E-state index is 5.32. The minimum atomic E-state index is 0.613. The van der Waals surface area contributed by atoms with E-state index < -0.39 is 0 Å². The molecule has 0 fully saturated rings. The van der Waals surface area contributed by atoms with Crippen LogP contribution in [0.1, 0.15) is 22.5 Å². The molecule has 2 aromatic rings. The van der Waals surface area contributed by atoms with E-state index >= 15 is 0 Å². The molecule has 0 bridgehead atoms. The highest BCUT2D eigenvalue weighted by molar-refractivity contribution is 7.80. The number of benzene rings is 1. The van der Waals surface area contributed by atoms with Crippen molar-refractivity contribution < 1.29 is 0 Å². The van der Waals surface area contributed by atoms with Gasteiger partial charge in [-0.05, 0) is 56.2 Å². The smallest absolute Gasteiger partial charge is 0.171 e. The van der Waals surface area contributed by atoms with Crippen LogP contribution in [0.4, 0.5) is 5.69 Å². The van der Waals surface area contributed by atoms with Crippen LogP contribution in [-0.2, 0) is 13.6 Å². The van der Waals surface area contributed by atoms with Crippen molar-refractivity contribution in [2.75, 3.05) is 5.32 Å². The van der Waals surface area contributed by atoms with Crippen molar-refractivity contribution in [3.05, 3.63) is 46.8 Å². The standard InChI is InChI=1S/C15H20N4S/c1-10-6-5-7-14(12(10)3)17-15(20)16-9-13-8-11(2)19(4)18-13/h5-8H,9H2,1-4H3,(H2,16,17,20). The van der Waals surface area contributed by atoms with E-state index in [1.165, 1.54) is 11.1 Å². The second kappa shape index (κ2) is 6.05. The lowest BCUT2D eigenvalue weighted by atomic mass is 10.1. The summed E-state index contributed by atoms with van der Waals surface area (Å²) < 4.78 is 1.86. The van der Waals surface area contributed by atoms with Gasteiger partial charge in [-0.25, -0.2) is 0 Å². The largest absolute Gasteiger partial charge is 0.357 e. The van der Waals surface area contributed by atoms with Crippen molar-refractivity contribution in [1.82, 2.24) is 15.1 Å². The number of nitrogens with zero attached hydrogens (tertiary/aromatic N) is 2. The molecule has 0 saturated heterocycles. The van der Waals surface area contributed by atoms with E-state index in [-0.39, 0.29) is 0 Å². The van der Waals surface area contributed by atoms with Gasteiger partial charge in [0.25, 0.3) is 0 Å². The molecule has 0 aliphatic carbocycles. The number of hydrogen-bond donors (Lipinski definition) is 2. The number of nitrogens with one attached hydrogen (secondary N) is 2. The first kappa shape index (κ1) is 14.5. The number of hydrogen-bond acceptors (Lipinski definition) is 2. The molecule has 1 aromatic carbocycles. The van der Waals surface area contributed by atoms with Crippen molar-refractivity contribution in [2.45, 2.75) is 27.3 Å². The van der Waals surface area contributed by atoms with Gasteiger partial charge in [0, 0.05) is 18.4 Å². The Hall–Kier alpha value is -1.88. The van der Waals surface area contributed by atoms with Crippen LogP contribution < -0.4 is 10.6 Å². The SMILES string of the molecule is Cc1cccc(NC(=S)NCc2cc(C)n(C)n2)c1C. The normalized spacial score (nSPS) is 10.4. The number of rotatable bonds is 3. The Bertz CT molecular complexity index is 611. The third-order valence-corrected chi connectivity index (χ3v) is 3.69. The van der Waals surface area contributed by atoms with Crippen molar-refractivity contribution >= 4 is 23.0 Å². The maximum Gasteiger partial charge on any atom is 0.171 e. The number of aromatic nitrogens is 2. The Kier molecular flexibility index (Phi) is 4.39. The molecule has 4 nitrogen and oxygen atoms in total. The lowest BCUT2D eigenvalue weighted by Gasteiger charge is -2.13. The van der Waals surface area contributed by atoms with Crippen LogP contribution in [0.3, 0.4) is 0 Å². The van der Waals surface area contributed by atoms with E-state index in [0.29, 0.717) is 11.7 Å². The van der Waals surface area contributed by atoms with E-state index in [1.807, 2.05) is 36.9 Å². The topological polar surface area (TPSA) is 41.9 Å². The molecule has 5 heteroatoms.